The minimum absolute atomic E-state index is 0.858. The normalized spacial score (nSPS) is 19.2. The Bertz CT molecular complexity index is 88.7. The lowest BCUT2D eigenvalue weighted by Crippen LogP contribution is -2.02. The highest BCUT2D eigenvalue weighted by molar-refractivity contribution is 4.93. The van der Waals surface area contributed by atoms with Gasteiger partial charge in [0.05, 0.1) is 0 Å². The van der Waals surface area contributed by atoms with Crippen LogP contribution in [0.1, 0.15) is 25.7 Å². The first-order chi connectivity index (χ1) is 4.43. The molecular formula is C8H15N. The summed E-state index contributed by atoms with van der Waals surface area (Å²) >= 11 is 0. The SMILES string of the molecule is NCCCC1CC=CC1. The van der Waals surface area contributed by atoms with Crippen LogP contribution >= 0.6 is 0 Å². The summed E-state index contributed by atoms with van der Waals surface area (Å²) in [6.45, 7) is 0.858. The molecule has 0 aromatic heterocycles. The molecule has 0 amide bonds. The van der Waals surface area contributed by atoms with Crippen LogP contribution in [0, 0.1) is 5.92 Å². The molecular weight excluding hydrogens is 110 g/mol. The molecule has 52 valence electrons. The second-order valence-electron chi connectivity index (χ2n) is 2.74. The smallest absolute Gasteiger partial charge is 0.00772 e. The molecule has 0 radical (unpaired) electrons. The van der Waals surface area contributed by atoms with Crippen LogP contribution in [-0.4, -0.2) is 6.54 Å². The Balaban J connectivity index is 2.01. The molecule has 2 N–H and O–H groups in total. The van der Waals surface area contributed by atoms with Crippen molar-refractivity contribution in [3.8, 4) is 0 Å². The number of rotatable bonds is 3. The van der Waals surface area contributed by atoms with Crippen molar-refractivity contribution >= 4 is 0 Å². The van der Waals surface area contributed by atoms with Crippen molar-refractivity contribution in [3.05, 3.63) is 12.2 Å². The third kappa shape index (κ3) is 2.19. The fourth-order valence-corrected chi connectivity index (χ4v) is 1.32. The Morgan fingerprint density at radius 3 is 2.56 bits per heavy atom. The van der Waals surface area contributed by atoms with Crippen LogP contribution in [-0.2, 0) is 0 Å². The van der Waals surface area contributed by atoms with E-state index in [-0.39, 0.29) is 0 Å². The van der Waals surface area contributed by atoms with Crippen LogP contribution in [0.4, 0.5) is 0 Å². The van der Waals surface area contributed by atoms with Gasteiger partial charge in [0.25, 0.3) is 0 Å². The Morgan fingerprint density at radius 1 is 1.33 bits per heavy atom. The molecule has 0 fully saturated rings. The van der Waals surface area contributed by atoms with Gasteiger partial charge in [-0.05, 0) is 38.1 Å². The lowest BCUT2D eigenvalue weighted by atomic mass is 10.0. The van der Waals surface area contributed by atoms with Gasteiger partial charge >= 0.3 is 0 Å². The minimum atomic E-state index is 0.858. The average molecular weight is 125 g/mol. The molecule has 1 rings (SSSR count). The third-order valence-corrected chi connectivity index (χ3v) is 1.92. The van der Waals surface area contributed by atoms with Crippen molar-refractivity contribution in [3.63, 3.8) is 0 Å². The molecule has 0 aliphatic heterocycles. The highest BCUT2D eigenvalue weighted by Gasteiger charge is 2.07. The van der Waals surface area contributed by atoms with E-state index < -0.39 is 0 Å². The van der Waals surface area contributed by atoms with Gasteiger partial charge in [-0.2, -0.15) is 0 Å². The van der Waals surface area contributed by atoms with Crippen molar-refractivity contribution in [1.82, 2.24) is 0 Å². The molecule has 0 bridgehead atoms. The average Bonchev–Trinajstić information content (AvgIpc) is 2.34. The Labute approximate surface area is 56.9 Å². The number of allylic oxidation sites excluding steroid dienone is 2. The Kier molecular flexibility index (Phi) is 2.78. The predicted molar refractivity (Wildman–Crippen MR) is 40.2 cm³/mol. The van der Waals surface area contributed by atoms with Gasteiger partial charge in [0, 0.05) is 0 Å². The van der Waals surface area contributed by atoms with Gasteiger partial charge in [-0.3, -0.25) is 0 Å². The Hall–Kier alpha value is -0.300. The zero-order chi connectivity index (χ0) is 6.53. The quantitative estimate of drug-likeness (QED) is 0.571. The highest BCUT2D eigenvalue weighted by atomic mass is 14.5. The predicted octanol–water partition coefficient (Wildman–Crippen LogP) is 1.69. The molecule has 0 saturated carbocycles. The fourth-order valence-electron chi connectivity index (χ4n) is 1.32. The van der Waals surface area contributed by atoms with E-state index in [1.807, 2.05) is 0 Å². The summed E-state index contributed by atoms with van der Waals surface area (Å²) in [4.78, 5) is 0. The maximum Gasteiger partial charge on any atom is -0.00772 e. The molecule has 0 aromatic carbocycles. The van der Waals surface area contributed by atoms with Crippen molar-refractivity contribution in [2.24, 2.45) is 11.7 Å². The number of hydrogen-bond donors (Lipinski definition) is 1. The van der Waals surface area contributed by atoms with E-state index in [9.17, 15) is 0 Å². The molecule has 0 unspecified atom stereocenters. The van der Waals surface area contributed by atoms with E-state index in [4.69, 9.17) is 5.73 Å². The van der Waals surface area contributed by atoms with E-state index >= 15 is 0 Å². The summed E-state index contributed by atoms with van der Waals surface area (Å²) in [5.41, 5.74) is 5.39. The standard InChI is InChI=1S/C8H15N/c9-7-3-6-8-4-1-2-5-8/h1-2,8H,3-7,9H2. The second kappa shape index (κ2) is 3.67. The van der Waals surface area contributed by atoms with Crippen LogP contribution < -0.4 is 5.73 Å². The first-order valence-electron chi connectivity index (χ1n) is 3.78. The van der Waals surface area contributed by atoms with Crippen molar-refractivity contribution in [2.45, 2.75) is 25.7 Å². The molecule has 1 aliphatic rings. The maximum atomic E-state index is 5.39. The van der Waals surface area contributed by atoms with E-state index in [0.29, 0.717) is 0 Å². The highest BCUT2D eigenvalue weighted by Crippen LogP contribution is 2.21. The summed E-state index contributed by atoms with van der Waals surface area (Å²) in [5, 5.41) is 0. The molecule has 1 heteroatoms. The van der Waals surface area contributed by atoms with Gasteiger partial charge in [-0.25, -0.2) is 0 Å². The van der Waals surface area contributed by atoms with Crippen molar-refractivity contribution in [1.29, 1.82) is 0 Å². The lowest BCUT2D eigenvalue weighted by molar-refractivity contribution is 0.503. The van der Waals surface area contributed by atoms with Gasteiger partial charge in [-0.1, -0.05) is 12.2 Å². The molecule has 1 nitrogen and oxygen atoms in total. The molecule has 0 heterocycles. The Morgan fingerprint density at radius 2 is 2.00 bits per heavy atom. The van der Waals surface area contributed by atoms with Gasteiger partial charge < -0.3 is 5.73 Å². The van der Waals surface area contributed by atoms with Gasteiger partial charge in [0.1, 0.15) is 0 Å². The zero-order valence-electron chi connectivity index (χ0n) is 5.84. The third-order valence-electron chi connectivity index (χ3n) is 1.92. The summed E-state index contributed by atoms with van der Waals surface area (Å²) in [5.74, 6) is 0.925. The molecule has 9 heavy (non-hydrogen) atoms. The first kappa shape index (κ1) is 6.81. The number of hydrogen-bond acceptors (Lipinski definition) is 1. The molecule has 0 saturated heterocycles. The summed E-state index contributed by atoms with van der Waals surface area (Å²) in [7, 11) is 0. The van der Waals surface area contributed by atoms with E-state index in [1.165, 1.54) is 25.7 Å². The number of nitrogens with two attached hydrogens (primary N) is 1. The lowest BCUT2D eigenvalue weighted by Gasteiger charge is -2.05. The van der Waals surface area contributed by atoms with E-state index in [1.54, 1.807) is 0 Å². The van der Waals surface area contributed by atoms with Crippen LogP contribution in [0.15, 0.2) is 12.2 Å². The minimum Gasteiger partial charge on any atom is -0.330 e. The van der Waals surface area contributed by atoms with Crippen LogP contribution in [0.2, 0.25) is 0 Å². The second-order valence-corrected chi connectivity index (χ2v) is 2.74. The largest absolute Gasteiger partial charge is 0.330 e. The molecule has 0 atom stereocenters. The summed E-state index contributed by atoms with van der Waals surface area (Å²) < 4.78 is 0. The van der Waals surface area contributed by atoms with Crippen LogP contribution in [0.25, 0.3) is 0 Å². The molecule has 0 spiro atoms. The molecule has 1 aliphatic carbocycles. The topological polar surface area (TPSA) is 26.0 Å². The van der Waals surface area contributed by atoms with E-state index in [0.717, 1.165) is 12.5 Å². The van der Waals surface area contributed by atoms with Crippen molar-refractivity contribution in [2.75, 3.05) is 6.54 Å². The van der Waals surface area contributed by atoms with Gasteiger partial charge in [0.2, 0.25) is 0 Å². The zero-order valence-corrected chi connectivity index (χ0v) is 5.84. The molecule has 0 aromatic rings. The van der Waals surface area contributed by atoms with Gasteiger partial charge in [0.15, 0.2) is 0 Å². The maximum absolute atomic E-state index is 5.39. The summed E-state index contributed by atoms with van der Waals surface area (Å²) in [6.07, 6.45) is 9.66. The van der Waals surface area contributed by atoms with Gasteiger partial charge in [-0.15, -0.1) is 0 Å². The summed E-state index contributed by atoms with van der Waals surface area (Å²) in [6, 6.07) is 0. The first-order valence-corrected chi connectivity index (χ1v) is 3.78. The monoisotopic (exact) mass is 125 g/mol. The van der Waals surface area contributed by atoms with Crippen LogP contribution in [0.5, 0.6) is 0 Å². The van der Waals surface area contributed by atoms with Crippen LogP contribution in [0.3, 0.4) is 0 Å². The van der Waals surface area contributed by atoms with Crippen molar-refractivity contribution < 1.29 is 0 Å². The fraction of sp³-hybridized carbons (Fsp3) is 0.750. The van der Waals surface area contributed by atoms with E-state index in [2.05, 4.69) is 12.2 Å².